The maximum Gasteiger partial charge on any atom is 0.339 e. The van der Waals surface area contributed by atoms with Crippen LogP contribution in [0.4, 0.5) is 0 Å². The maximum absolute atomic E-state index is 11.1. The Balaban J connectivity index is 2.06. The van der Waals surface area contributed by atoms with Gasteiger partial charge in [-0.1, -0.05) is 0 Å². The fraction of sp³-hybridized carbons (Fsp3) is 0. The van der Waals surface area contributed by atoms with Crippen molar-refractivity contribution in [1.82, 2.24) is 24.9 Å². The number of hydrogen-bond acceptors (Lipinski definition) is 6. The number of ether oxygens (including phenoxy) is 1. The van der Waals surface area contributed by atoms with Crippen LogP contribution in [0.1, 0.15) is 10.4 Å². The quantitative estimate of drug-likeness (QED) is 0.725. The molecule has 0 amide bonds. The molecule has 0 bridgehead atoms. The number of hydrogen-bond donors (Lipinski definition) is 2. The molecule has 3 aromatic rings. The average molecular weight is 257 g/mol. The molecule has 0 saturated heterocycles. The number of carboxylic acids is 1. The molecular weight excluding hydrogens is 250 g/mol. The van der Waals surface area contributed by atoms with E-state index in [1.165, 1.54) is 31.1 Å². The number of H-pyrrole nitrogens is 1. The molecular formula is C11H7N5O3. The molecule has 0 radical (unpaired) electrons. The molecule has 0 aliphatic rings. The molecule has 19 heavy (non-hydrogen) atoms. The van der Waals surface area contributed by atoms with E-state index >= 15 is 0 Å². The summed E-state index contributed by atoms with van der Waals surface area (Å²) >= 11 is 0. The number of pyridine rings is 1. The van der Waals surface area contributed by atoms with Crippen LogP contribution in [0.3, 0.4) is 0 Å². The standard InChI is InChI=1S/C11H7N5O3/c17-11(18)6-1-2-12-3-7(6)19-10-8-9(14-4-13-8)15-5-16-10/h1-5H,(H,17,18)(H,13,14,15,16). The molecule has 0 spiro atoms. The second-order valence-electron chi connectivity index (χ2n) is 3.56. The van der Waals surface area contributed by atoms with E-state index in [1.807, 2.05) is 0 Å². The lowest BCUT2D eigenvalue weighted by atomic mass is 10.2. The van der Waals surface area contributed by atoms with Gasteiger partial charge in [0.25, 0.3) is 0 Å². The number of aromatic nitrogens is 5. The zero-order chi connectivity index (χ0) is 13.2. The Kier molecular flexibility index (Phi) is 2.53. The molecule has 0 aliphatic heterocycles. The number of aromatic amines is 1. The molecule has 2 N–H and O–H groups in total. The van der Waals surface area contributed by atoms with Gasteiger partial charge in [-0.05, 0) is 6.07 Å². The SMILES string of the molecule is O=C(O)c1ccncc1Oc1ncnc2nc[nH]c12. The topological polar surface area (TPSA) is 114 Å². The third kappa shape index (κ3) is 1.95. The van der Waals surface area contributed by atoms with Gasteiger partial charge in [-0.2, -0.15) is 4.98 Å². The normalized spacial score (nSPS) is 10.5. The second kappa shape index (κ2) is 4.33. The Bertz CT molecular complexity index is 755. The maximum atomic E-state index is 11.1. The van der Waals surface area contributed by atoms with Gasteiger partial charge >= 0.3 is 5.97 Å². The van der Waals surface area contributed by atoms with Gasteiger partial charge in [-0.15, -0.1) is 0 Å². The summed E-state index contributed by atoms with van der Waals surface area (Å²) in [6.45, 7) is 0. The van der Waals surface area contributed by atoms with Gasteiger partial charge in [-0.25, -0.2) is 14.8 Å². The van der Waals surface area contributed by atoms with Crippen LogP contribution in [0.5, 0.6) is 11.6 Å². The smallest absolute Gasteiger partial charge is 0.339 e. The molecule has 0 unspecified atom stereocenters. The molecule has 3 heterocycles. The number of nitrogens with zero attached hydrogens (tertiary/aromatic N) is 4. The van der Waals surface area contributed by atoms with Crippen LogP contribution in [-0.2, 0) is 0 Å². The minimum atomic E-state index is -1.10. The van der Waals surface area contributed by atoms with Crippen LogP contribution in [-0.4, -0.2) is 36.0 Å². The van der Waals surface area contributed by atoms with Crippen molar-refractivity contribution in [2.24, 2.45) is 0 Å². The summed E-state index contributed by atoms with van der Waals surface area (Å²) < 4.78 is 5.48. The van der Waals surface area contributed by atoms with Crippen LogP contribution >= 0.6 is 0 Å². The van der Waals surface area contributed by atoms with E-state index in [9.17, 15) is 4.79 Å². The third-order valence-corrected chi connectivity index (χ3v) is 2.41. The first-order valence-corrected chi connectivity index (χ1v) is 5.25. The lowest BCUT2D eigenvalue weighted by molar-refractivity contribution is 0.0694. The monoisotopic (exact) mass is 257 g/mol. The average Bonchev–Trinajstić information content (AvgIpc) is 2.88. The van der Waals surface area contributed by atoms with Crippen molar-refractivity contribution in [3.05, 3.63) is 36.7 Å². The van der Waals surface area contributed by atoms with Crippen molar-refractivity contribution in [3.63, 3.8) is 0 Å². The number of carbonyl (C=O) groups is 1. The van der Waals surface area contributed by atoms with Crippen LogP contribution in [0, 0.1) is 0 Å². The van der Waals surface area contributed by atoms with Crippen molar-refractivity contribution >= 4 is 17.1 Å². The van der Waals surface area contributed by atoms with Crippen LogP contribution < -0.4 is 4.74 Å². The molecule has 0 fully saturated rings. The van der Waals surface area contributed by atoms with Gasteiger partial charge < -0.3 is 14.8 Å². The van der Waals surface area contributed by atoms with E-state index in [0.717, 1.165) is 0 Å². The zero-order valence-electron chi connectivity index (χ0n) is 9.44. The highest BCUT2D eigenvalue weighted by Gasteiger charge is 2.14. The van der Waals surface area contributed by atoms with E-state index in [0.29, 0.717) is 11.2 Å². The Morgan fingerprint density at radius 2 is 2.21 bits per heavy atom. The van der Waals surface area contributed by atoms with E-state index in [1.54, 1.807) is 0 Å². The van der Waals surface area contributed by atoms with Crippen molar-refractivity contribution in [2.75, 3.05) is 0 Å². The van der Waals surface area contributed by atoms with Crippen molar-refractivity contribution in [2.45, 2.75) is 0 Å². The third-order valence-electron chi connectivity index (χ3n) is 2.41. The highest BCUT2D eigenvalue weighted by atomic mass is 16.5. The predicted molar refractivity (Wildman–Crippen MR) is 63.0 cm³/mol. The van der Waals surface area contributed by atoms with E-state index < -0.39 is 5.97 Å². The number of carboxylic acid groups (broad SMARTS) is 1. The minimum Gasteiger partial charge on any atom is -0.478 e. The van der Waals surface area contributed by atoms with Crippen LogP contribution in [0.2, 0.25) is 0 Å². The molecule has 8 nitrogen and oxygen atoms in total. The fourth-order valence-corrected chi connectivity index (χ4v) is 1.56. The summed E-state index contributed by atoms with van der Waals surface area (Å²) in [6, 6.07) is 1.35. The first-order chi connectivity index (χ1) is 9.25. The zero-order valence-corrected chi connectivity index (χ0v) is 9.44. The lowest BCUT2D eigenvalue weighted by Crippen LogP contribution is -2.01. The summed E-state index contributed by atoms with van der Waals surface area (Å²) in [7, 11) is 0. The van der Waals surface area contributed by atoms with Crippen LogP contribution in [0.25, 0.3) is 11.2 Å². The predicted octanol–water partition coefficient (Wildman–Crippen LogP) is 1.24. The molecule has 8 heteroatoms. The first-order valence-electron chi connectivity index (χ1n) is 5.25. The highest BCUT2D eigenvalue weighted by molar-refractivity contribution is 5.90. The molecule has 3 aromatic heterocycles. The van der Waals surface area contributed by atoms with Gasteiger partial charge in [0.15, 0.2) is 11.4 Å². The largest absolute Gasteiger partial charge is 0.478 e. The number of rotatable bonds is 3. The van der Waals surface area contributed by atoms with E-state index in [2.05, 4.69) is 24.9 Å². The number of imidazole rings is 1. The van der Waals surface area contributed by atoms with Gasteiger partial charge in [0.05, 0.1) is 12.5 Å². The first kappa shape index (κ1) is 11.1. The van der Waals surface area contributed by atoms with Gasteiger partial charge in [0.1, 0.15) is 17.4 Å². The van der Waals surface area contributed by atoms with E-state index in [4.69, 9.17) is 9.84 Å². The second-order valence-corrected chi connectivity index (χ2v) is 3.56. The summed E-state index contributed by atoms with van der Waals surface area (Å²) in [5.41, 5.74) is 0.926. The van der Waals surface area contributed by atoms with Crippen molar-refractivity contribution in [1.29, 1.82) is 0 Å². The van der Waals surface area contributed by atoms with Gasteiger partial charge in [0.2, 0.25) is 5.88 Å². The molecule has 3 rings (SSSR count). The molecule has 0 aliphatic carbocycles. The minimum absolute atomic E-state index is 0.00118. The Morgan fingerprint density at radius 3 is 3.05 bits per heavy atom. The summed E-state index contributed by atoms with van der Waals surface area (Å²) in [4.78, 5) is 29.6. The van der Waals surface area contributed by atoms with Gasteiger partial charge in [-0.3, -0.25) is 4.98 Å². The lowest BCUT2D eigenvalue weighted by Gasteiger charge is -2.06. The van der Waals surface area contributed by atoms with Crippen molar-refractivity contribution in [3.8, 4) is 11.6 Å². The Hall–Kier alpha value is -3.03. The number of nitrogens with one attached hydrogen (secondary N) is 1. The number of fused-ring (bicyclic) bond motifs is 1. The molecule has 0 atom stereocenters. The molecule has 0 aromatic carbocycles. The Labute approximate surface area is 106 Å². The summed E-state index contributed by atoms with van der Waals surface area (Å²) in [6.07, 6.45) is 5.43. The van der Waals surface area contributed by atoms with Crippen LogP contribution in [0.15, 0.2) is 31.1 Å². The summed E-state index contributed by atoms with van der Waals surface area (Å²) in [5, 5.41) is 9.06. The molecule has 0 saturated carbocycles. The van der Waals surface area contributed by atoms with Crippen molar-refractivity contribution < 1.29 is 14.6 Å². The van der Waals surface area contributed by atoms with Gasteiger partial charge in [0, 0.05) is 6.20 Å². The Morgan fingerprint density at radius 1 is 1.32 bits per heavy atom. The highest BCUT2D eigenvalue weighted by Crippen LogP contribution is 2.26. The molecule has 94 valence electrons. The number of aromatic carboxylic acids is 1. The summed E-state index contributed by atoms with van der Waals surface area (Å²) in [5.74, 6) is -0.810. The fourth-order valence-electron chi connectivity index (χ4n) is 1.56. The van der Waals surface area contributed by atoms with E-state index in [-0.39, 0.29) is 17.2 Å².